The van der Waals surface area contributed by atoms with E-state index in [1.807, 2.05) is 46.6 Å². The molecule has 0 saturated carbocycles. The Balaban J connectivity index is 1.96. The number of benzene rings is 2. The van der Waals surface area contributed by atoms with Crippen LogP contribution in [0.3, 0.4) is 0 Å². The molecular formula is C16H10ClN3S. The van der Waals surface area contributed by atoms with Gasteiger partial charge in [-0.15, -0.1) is 11.3 Å². The summed E-state index contributed by atoms with van der Waals surface area (Å²) in [7, 11) is 0. The van der Waals surface area contributed by atoms with Crippen LogP contribution in [-0.2, 0) is 0 Å². The molecule has 0 aliphatic rings. The van der Waals surface area contributed by atoms with Crippen LogP contribution >= 0.6 is 22.9 Å². The van der Waals surface area contributed by atoms with E-state index in [1.165, 1.54) is 0 Å². The summed E-state index contributed by atoms with van der Waals surface area (Å²) in [5.41, 5.74) is 4.14. The lowest BCUT2D eigenvalue weighted by Crippen LogP contribution is -1.90. The number of halogens is 1. The van der Waals surface area contributed by atoms with E-state index >= 15 is 0 Å². The van der Waals surface area contributed by atoms with Gasteiger partial charge in [-0.3, -0.25) is 4.57 Å². The number of imidazole rings is 1. The van der Waals surface area contributed by atoms with Gasteiger partial charge in [0.15, 0.2) is 5.13 Å². The van der Waals surface area contributed by atoms with Gasteiger partial charge in [0, 0.05) is 22.2 Å². The molecular weight excluding hydrogens is 302 g/mol. The number of aromatic nitrogens is 3. The largest absolute Gasteiger partial charge is 0.274 e. The SMILES string of the molecule is Clc1cccc(-c2cccc3c2ncn3-c2nccs2)c1. The van der Waals surface area contributed by atoms with Gasteiger partial charge in [-0.05, 0) is 23.8 Å². The van der Waals surface area contributed by atoms with Crippen molar-refractivity contribution in [1.29, 1.82) is 0 Å². The predicted octanol–water partition coefficient (Wildman–Crippen LogP) is 4.80. The van der Waals surface area contributed by atoms with E-state index in [1.54, 1.807) is 17.5 Å². The molecule has 0 spiro atoms. The first-order valence-electron chi connectivity index (χ1n) is 6.45. The Kier molecular flexibility index (Phi) is 2.98. The van der Waals surface area contributed by atoms with E-state index in [9.17, 15) is 0 Å². The number of hydrogen-bond acceptors (Lipinski definition) is 3. The van der Waals surface area contributed by atoms with Gasteiger partial charge in [0.1, 0.15) is 6.33 Å². The summed E-state index contributed by atoms with van der Waals surface area (Å²) >= 11 is 7.69. The highest BCUT2D eigenvalue weighted by molar-refractivity contribution is 7.12. The van der Waals surface area contributed by atoms with Crippen LogP contribution in [0.5, 0.6) is 0 Å². The van der Waals surface area contributed by atoms with Gasteiger partial charge >= 0.3 is 0 Å². The van der Waals surface area contributed by atoms with Crippen LogP contribution in [-0.4, -0.2) is 14.5 Å². The lowest BCUT2D eigenvalue weighted by molar-refractivity contribution is 1.06. The molecule has 0 N–H and O–H groups in total. The second kappa shape index (κ2) is 4.98. The van der Waals surface area contributed by atoms with Crippen molar-refractivity contribution in [2.45, 2.75) is 0 Å². The van der Waals surface area contributed by atoms with Crippen molar-refractivity contribution in [3.8, 4) is 16.3 Å². The van der Waals surface area contributed by atoms with Crippen LogP contribution < -0.4 is 0 Å². The molecule has 102 valence electrons. The molecule has 0 unspecified atom stereocenters. The molecule has 0 aliphatic carbocycles. The van der Waals surface area contributed by atoms with Crippen LogP contribution in [0.15, 0.2) is 60.4 Å². The Hall–Kier alpha value is -2.17. The van der Waals surface area contributed by atoms with Crippen molar-refractivity contribution in [2.24, 2.45) is 0 Å². The van der Waals surface area contributed by atoms with Crippen molar-refractivity contribution in [1.82, 2.24) is 14.5 Å². The molecule has 21 heavy (non-hydrogen) atoms. The van der Waals surface area contributed by atoms with E-state index in [0.29, 0.717) is 0 Å². The van der Waals surface area contributed by atoms with Crippen LogP contribution in [0, 0.1) is 0 Å². The van der Waals surface area contributed by atoms with Crippen LogP contribution in [0.2, 0.25) is 5.02 Å². The molecule has 0 radical (unpaired) electrons. The minimum absolute atomic E-state index is 0.726. The number of para-hydroxylation sites is 1. The van der Waals surface area contributed by atoms with Gasteiger partial charge in [0.05, 0.1) is 11.0 Å². The molecule has 2 aromatic heterocycles. The van der Waals surface area contributed by atoms with Gasteiger partial charge in [0.2, 0.25) is 0 Å². The molecule has 2 heterocycles. The van der Waals surface area contributed by atoms with Crippen LogP contribution in [0.1, 0.15) is 0 Å². The summed E-state index contributed by atoms with van der Waals surface area (Å²) in [5, 5.41) is 3.60. The maximum absolute atomic E-state index is 6.10. The fourth-order valence-corrected chi connectivity index (χ4v) is 3.23. The Morgan fingerprint density at radius 2 is 1.95 bits per heavy atom. The molecule has 5 heteroatoms. The van der Waals surface area contributed by atoms with Gasteiger partial charge in [-0.25, -0.2) is 9.97 Å². The third kappa shape index (κ3) is 2.13. The predicted molar refractivity (Wildman–Crippen MR) is 87.2 cm³/mol. The normalized spacial score (nSPS) is 11.1. The number of fused-ring (bicyclic) bond motifs is 1. The van der Waals surface area contributed by atoms with Crippen LogP contribution in [0.25, 0.3) is 27.3 Å². The first kappa shape index (κ1) is 12.6. The maximum Gasteiger partial charge on any atom is 0.195 e. The Bertz CT molecular complexity index is 912. The first-order valence-corrected chi connectivity index (χ1v) is 7.70. The van der Waals surface area contributed by atoms with Crippen LogP contribution in [0.4, 0.5) is 0 Å². The zero-order valence-electron chi connectivity index (χ0n) is 10.9. The van der Waals surface area contributed by atoms with E-state index in [-0.39, 0.29) is 0 Å². The molecule has 0 saturated heterocycles. The van der Waals surface area contributed by atoms with E-state index < -0.39 is 0 Å². The quantitative estimate of drug-likeness (QED) is 0.532. The molecule has 3 nitrogen and oxygen atoms in total. The summed E-state index contributed by atoms with van der Waals surface area (Å²) in [6, 6.07) is 14.0. The number of rotatable bonds is 2. The number of nitrogens with zero attached hydrogens (tertiary/aromatic N) is 3. The van der Waals surface area contributed by atoms with Gasteiger partial charge in [0.25, 0.3) is 0 Å². The topological polar surface area (TPSA) is 30.7 Å². The smallest absolute Gasteiger partial charge is 0.195 e. The molecule has 0 aliphatic heterocycles. The zero-order valence-corrected chi connectivity index (χ0v) is 12.5. The lowest BCUT2D eigenvalue weighted by Gasteiger charge is -2.04. The molecule has 0 amide bonds. The van der Waals surface area contributed by atoms with E-state index in [0.717, 1.165) is 32.3 Å². The third-order valence-corrected chi connectivity index (χ3v) is 4.34. The Morgan fingerprint density at radius 1 is 1.05 bits per heavy atom. The fraction of sp³-hybridized carbons (Fsp3) is 0. The average Bonchev–Trinajstić information content (AvgIpc) is 3.15. The Morgan fingerprint density at radius 3 is 2.76 bits per heavy atom. The summed E-state index contributed by atoms with van der Waals surface area (Å²) < 4.78 is 2.01. The third-order valence-electron chi connectivity index (χ3n) is 3.34. The van der Waals surface area contributed by atoms with Crippen molar-refractivity contribution in [3.05, 3.63) is 65.4 Å². The monoisotopic (exact) mass is 311 g/mol. The van der Waals surface area contributed by atoms with E-state index in [4.69, 9.17) is 11.6 Å². The summed E-state index contributed by atoms with van der Waals surface area (Å²) in [4.78, 5) is 8.91. The second-order valence-corrected chi connectivity index (χ2v) is 5.92. The molecule has 4 aromatic rings. The summed E-state index contributed by atoms with van der Waals surface area (Å²) in [6.45, 7) is 0. The number of hydrogen-bond donors (Lipinski definition) is 0. The van der Waals surface area contributed by atoms with Gasteiger partial charge < -0.3 is 0 Å². The minimum Gasteiger partial charge on any atom is -0.274 e. The molecule has 2 aromatic carbocycles. The highest BCUT2D eigenvalue weighted by Gasteiger charge is 2.11. The lowest BCUT2D eigenvalue weighted by atomic mass is 10.0. The highest BCUT2D eigenvalue weighted by Crippen LogP contribution is 2.30. The molecule has 0 atom stereocenters. The van der Waals surface area contributed by atoms with E-state index in [2.05, 4.69) is 22.1 Å². The molecule has 4 rings (SSSR count). The number of thiazole rings is 1. The summed E-state index contributed by atoms with van der Waals surface area (Å²) in [6.07, 6.45) is 3.62. The zero-order chi connectivity index (χ0) is 14.2. The summed E-state index contributed by atoms with van der Waals surface area (Å²) in [5.74, 6) is 0. The standard InChI is InChI=1S/C16H10ClN3S/c17-12-4-1-3-11(9-12)13-5-2-6-14-15(13)19-10-20(14)16-18-7-8-21-16/h1-10H. The first-order chi connectivity index (χ1) is 10.3. The fourth-order valence-electron chi connectivity index (χ4n) is 2.42. The average molecular weight is 312 g/mol. The maximum atomic E-state index is 6.10. The van der Waals surface area contributed by atoms with Crippen molar-refractivity contribution in [3.63, 3.8) is 0 Å². The van der Waals surface area contributed by atoms with Gasteiger partial charge in [-0.1, -0.05) is 35.9 Å². The van der Waals surface area contributed by atoms with Crippen molar-refractivity contribution < 1.29 is 0 Å². The highest BCUT2D eigenvalue weighted by atomic mass is 35.5. The minimum atomic E-state index is 0.726. The second-order valence-electron chi connectivity index (χ2n) is 4.61. The molecule has 0 bridgehead atoms. The van der Waals surface area contributed by atoms with Gasteiger partial charge in [-0.2, -0.15) is 0 Å². The molecule has 0 fully saturated rings. The van der Waals surface area contributed by atoms with Crippen molar-refractivity contribution >= 4 is 34.0 Å². The Labute approximate surface area is 130 Å². The van der Waals surface area contributed by atoms with Crippen molar-refractivity contribution in [2.75, 3.05) is 0 Å².